The van der Waals surface area contributed by atoms with Crippen LogP contribution < -0.4 is 5.48 Å². The van der Waals surface area contributed by atoms with Crippen LogP contribution in [0.3, 0.4) is 0 Å². The Labute approximate surface area is 117 Å². The van der Waals surface area contributed by atoms with Crippen molar-refractivity contribution >= 4 is 27.0 Å². The highest BCUT2D eigenvalue weighted by Crippen LogP contribution is 2.22. The van der Waals surface area contributed by atoms with Gasteiger partial charge in [-0.05, 0) is 25.7 Å². The molecule has 104 valence electrons. The molecule has 1 rings (SSSR count). The van der Waals surface area contributed by atoms with E-state index >= 15 is 0 Å². The Morgan fingerprint density at radius 3 is 2.72 bits per heavy atom. The predicted octanol–water partition coefficient (Wildman–Crippen LogP) is 2.22. The SMILES string of the molecule is C=CC(=O)ON=ICNOC1CCC(OC)CC1. The van der Waals surface area contributed by atoms with Gasteiger partial charge in [-0.25, -0.2) is 4.79 Å². The van der Waals surface area contributed by atoms with Gasteiger partial charge in [-0.1, -0.05) is 9.89 Å². The number of hydrogen-bond acceptors (Lipinski definition) is 6. The first kappa shape index (κ1) is 15.7. The zero-order valence-electron chi connectivity index (χ0n) is 10.4. The second-order valence-corrected chi connectivity index (χ2v) is 5.67. The van der Waals surface area contributed by atoms with Gasteiger partial charge in [0.05, 0.1) is 37.8 Å². The quantitative estimate of drug-likeness (QED) is 0.186. The first-order valence-corrected chi connectivity index (χ1v) is 8.28. The fourth-order valence-corrected chi connectivity index (χ4v) is 2.47. The molecule has 0 saturated heterocycles. The van der Waals surface area contributed by atoms with Gasteiger partial charge in [0.25, 0.3) is 0 Å². The van der Waals surface area contributed by atoms with Crippen LogP contribution in [0.1, 0.15) is 25.7 Å². The molecular formula is C11H19IN2O4. The van der Waals surface area contributed by atoms with Crippen LogP contribution in [-0.4, -0.2) is 29.8 Å². The summed E-state index contributed by atoms with van der Waals surface area (Å²) in [6.07, 6.45) is 5.81. The smallest absolute Gasteiger partial charge is 0.358 e. The molecule has 0 unspecified atom stereocenters. The number of rotatable bonds is 7. The maximum absolute atomic E-state index is 10.7. The van der Waals surface area contributed by atoms with E-state index in [-0.39, 0.29) is 6.10 Å². The minimum absolute atomic E-state index is 0.246. The standard InChI is InChI=1S/C11H19IN2O4/c1-3-11(15)18-14-12-8-13-17-10-6-4-9(16-2)5-7-10/h3,9-10,13H,1,4-8H2,2H3. The van der Waals surface area contributed by atoms with Gasteiger partial charge in [-0.15, -0.1) is 0 Å². The molecule has 1 saturated carbocycles. The van der Waals surface area contributed by atoms with Gasteiger partial charge in [0.15, 0.2) is 0 Å². The summed E-state index contributed by atoms with van der Waals surface area (Å²) in [5.41, 5.74) is 2.88. The lowest BCUT2D eigenvalue weighted by Crippen LogP contribution is -2.30. The van der Waals surface area contributed by atoms with Crippen LogP contribution in [0.4, 0.5) is 0 Å². The van der Waals surface area contributed by atoms with E-state index in [4.69, 9.17) is 9.57 Å². The molecule has 0 heterocycles. The van der Waals surface area contributed by atoms with Crippen LogP contribution in [0.5, 0.6) is 0 Å². The van der Waals surface area contributed by atoms with Gasteiger partial charge in [0, 0.05) is 13.2 Å². The van der Waals surface area contributed by atoms with E-state index < -0.39 is 27.0 Å². The van der Waals surface area contributed by atoms with E-state index in [2.05, 4.69) is 20.2 Å². The van der Waals surface area contributed by atoms with Crippen molar-refractivity contribution in [1.82, 2.24) is 5.48 Å². The number of nitrogens with one attached hydrogen (secondary N) is 1. The minimum Gasteiger partial charge on any atom is -0.381 e. The average molecular weight is 370 g/mol. The topological polar surface area (TPSA) is 69.2 Å². The Kier molecular flexibility index (Phi) is 8.31. The molecule has 1 fully saturated rings. The minimum atomic E-state index is -0.583. The molecule has 18 heavy (non-hydrogen) atoms. The molecule has 0 atom stereocenters. The highest BCUT2D eigenvalue weighted by atomic mass is 127. The van der Waals surface area contributed by atoms with Gasteiger partial charge in [0.2, 0.25) is 0 Å². The zero-order valence-corrected chi connectivity index (χ0v) is 12.6. The van der Waals surface area contributed by atoms with E-state index in [9.17, 15) is 4.79 Å². The lowest BCUT2D eigenvalue weighted by atomic mass is 9.95. The molecule has 1 aliphatic carbocycles. The molecule has 0 aromatic rings. The number of ether oxygens (including phenoxy) is 1. The summed E-state index contributed by atoms with van der Waals surface area (Å²) in [6, 6.07) is 0. The van der Waals surface area contributed by atoms with E-state index in [0.717, 1.165) is 31.8 Å². The van der Waals surface area contributed by atoms with Crippen molar-refractivity contribution in [3.05, 3.63) is 12.7 Å². The van der Waals surface area contributed by atoms with E-state index in [1.54, 1.807) is 7.11 Å². The number of hydrogen-bond donors (Lipinski definition) is 1. The van der Waals surface area contributed by atoms with Crippen LogP contribution in [0.2, 0.25) is 0 Å². The number of hydroxylamine groups is 1. The molecule has 6 nitrogen and oxygen atoms in total. The zero-order chi connectivity index (χ0) is 13.2. The van der Waals surface area contributed by atoms with Crippen molar-refractivity contribution in [2.75, 3.05) is 11.7 Å². The number of nitrogens with zero attached hydrogens (tertiary/aromatic N) is 1. The van der Waals surface area contributed by atoms with E-state index in [0.29, 0.717) is 10.7 Å². The third kappa shape index (κ3) is 6.53. The number of halogens is 1. The highest BCUT2D eigenvalue weighted by molar-refractivity contribution is 14.2. The van der Waals surface area contributed by atoms with Gasteiger partial charge < -0.3 is 9.57 Å². The average Bonchev–Trinajstić information content (AvgIpc) is 2.43. The van der Waals surface area contributed by atoms with Crippen molar-refractivity contribution in [2.45, 2.75) is 37.9 Å². The maximum atomic E-state index is 10.7. The third-order valence-electron chi connectivity index (χ3n) is 2.66. The summed E-state index contributed by atoms with van der Waals surface area (Å²) >= 11 is -0.583. The molecule has 0 spiro atoms. The van der Waals surface area contributed by atoms with Crippen molar-refractivity contribution < 1.29 is 19.2 Å². The normalized spacial score (nSPS) is 24.5. The monoisotopic (exact) mass is 370 g/mol. The molecule has 1 N–H and O–H groups in total. The van der Waals surface area contributed by atoms with Gasteiger partial charge in [-0.3, -0.25) is 4.84 Å². The van der Waals surface area contributed by atoms with Crippen molar-refractivity contribution in [3.63, 3.8) is 0 Å². The van der Waals surface area contributed by atoms with Gasteiger partial charge >= 0.3 is 5.97 Å². The summed E-state index contributed by atoms with van der Waals surface area (Å²) in [4.78, 5) is 20.7. The fraction of sp³-hybridized carbons (Fsp3) is 0.727. The number of methoxy groups -OCH3 is 1. The molecule has 0 aliphatic heterocycles. The number of alkyl halides is 1. The molecule has 0 radical (unpaired) electrons. The first-order chi connectivity index (χ1) is 8.76. The third-order valence-corrected chi connectivity index (χ3v) is 3.79. The summed E-state index contributed by atoms with van der Waals surface area (Å²) in [7, 11) is 1.75. The highest BCUT2D eigenvalue weighted by Gasteiger charge is 2.21. The Balaban J connectivity index is 2.01. The Morgan fingerprint density at radius 1 is 1.44 bits per heavy atom. The van der Waals surface area contributed by atoms with Gasteiger partial charge in [-0.2, -0.15) is 5.48 Å². The molecule has 7 heteroatoms. The van der Waals surface area contributed by atoms with Crippen LogP contribution in [0.25, 0.3) is 0 Å². The second-order valence-electron chi connectivity index (χ2n) is 3.83. The van der Waals surface area contributed by atoms with Crippen molar-refractivity contribution in [3.8, 4) is 0 Å². The summed E-state index contributed by atoms with van der Waals surface area (Å²) in [6.45, 7) is 3.28. The maximum Gasteiger partial charge on any atom is 0.358 e. The molecule has 0 aromatic heterocycles. The first-order valence-electron chi connectivity index (χ1n) is 5.79. The molecule has 1 aliphatic rings. The fourth-order valence-electron chi connectivity index (χ4n) is 1.68. The Hall–Kier alpha value is -0.380. The van der Waals surface area contributed by atoms with Crippen LogP contribution >= 0.6 is 21.0 Å². The molecule has 0 aromatic carbocycles. The van der Waals surface area contributed by atoms with E-state index in [1.165, 1.54) is 0 Å². The van der Waals surface area contributed by atoms with E-state index in [1.807, 2.05) is 0 Å². The lowest BCUT2D eigenvalue weighted by Gasteiger charge is -2.26. The second kappa shape index (κ2) is 9.54. The van der Waals surface area contributed by atoms with Crippen LogP contribution in [0, 0.1) is 0 Å². The summed E-state index contributed by atoms with van der Waals surface area (Å²) in [5, 5.41) is 0. The summed E-state index contributed by atoms with van der Waals surface area (Å²) in [5.74, 6) is -0.520. The predicted molar refractivity (Wildman–Crippen MR) is 74.9 cm³/mol. The van der Waals surface area contributed by atoms with Crippen molar-refractivity contribution in [1.29, 1.82) is 0 Å². The Morgan fingerprint density at radius 2 is 2.11 bits per heavy atom. The molecule has 0 bridgehead atoms. The number of carbonyl (C=O) groups excluding carboxylic acids is 1. The largest absolute Gasteiger partial charge is 0.381 e. The van der Waals surface area contributed by atoms with Crippen LogP contribution in [0.15, 0.2) is 16.0 Å². The Bertz CT molecular complexity index is 291. The van der Waals surface area contributed by atoms with Gasteiger partial charge in [0.1, 0.15) is 0 Å². The molecule has 0 amide bonds. The lowest BCUT2D eigenvalue weighted by molar-refractivity contribution is -0.137. The molecular weight excluding hydrogens is 351 g/mol. The number of carbonyl (C=O) groups is 1. The summed E-state index contributed by atoms with van der Waals surface area (Å²) < 4.78 is 9.58. The van der Waals surface area contributed by atoms with Crippen molar-refractivity contribution in [2.24, 2.45) is 3.31 Å². The van der Waals surface area contributed by atoms with Crippen LogP contribution in [-0.2, 0) is 19.2 Å².